The van der Waals surface area contributed by atoms with Crippen molar-refractivity contribution in [3.05, 3.63) is 29.1 Å². The summed E-state index contributed by atoms with van der Waals surface area (Å²) in [6.07, 6.45) is 0. The summed E-state index contributed by atoms with van der Waals surface area (Å²) in [7, 11) is 0. The molecular weight excluding hydrogens is 199 g/mol. The lowest BCUT2D eigenvalue weighted by molar-refractivity contribution is 0.0997. The minimum absolute atomic E-state index is 0.406. The van der Waals surface area contributed by atoms with Crippen LogP contribution in [-0.4, -0.2) is 17.4 Å². The quantitative estimate of drug-likeness (QED) is 0.558. The van der Waals surface area contributed by atoms with Crippen LogP contribution in [0.5, 0.6) is 5.75 Å². The standard InChI is InChI=1S/C8H6F3NO2/c9-4-1-3(5(13)2-12)8(14)7(11)6(4)10/h1,14H,2,12H2. The van der Waals surface area contributed by atoms with Gasteiger partial charge in [-0.2, -0.15) is 4.39 Å². The minimum Gasteiger partial charge on any atom is -0.504 e. The molecule has 6 heteroatoms. The van der Waals surface area contributed by atoms with Gasteiger partial charge in [0, 0.05) is 0 Å². The van der Waals surface area contributed by atoms with E-state index in [-0.39, 0.29) is 0 Å². The van der Waals surface area contributed by atoms with Crippen LogP contribution in [0.4, 0.5) is 13.2 Å². The third-order valence-electron chi connectivity index (χ3n) is 1.62. The van der Waals surface area contributed by atoms with Crippen LogP contribution in [-0.2, 0) is 0 Å². The second kappa shape index (κ2) is 3.67. The molecule has 0 aliphatic rings. The lowest BCUT2D eigenvalue weighted by Gasteiger charge is -2.04. The Morgan fingerprint density at radius 2 is 1.93 bits per heavy atom. The summed E-state index contributed by atoms with van der Waals surface area (Å²) in [5, 5.41) is 8.95. The molecule has 3 N–H and O–H groups in total. The molecule has 0 radical (unpaired) electrons. The van der Waals surface area contributed by atoms with E-state index in [1.165, 1.54) is 0 Å². The molecule has 0 spiro atoms. The average Bonchev–Trinajstić information content (AvgIpc) is 2.19. The number of aromatic hydroxyl groups is 1. The Morgan fingerprint density at radius 1 is 1.36 bits per heavy atom. The van der Waals surface area contributed by atoms with Crippen molar-refractivity contribution >= 4 is 5.78 Å². The second-order valence-corrected chi connectivity index (χ2v) is 2.51. The lowest BCUT2D eigenvalue weighted by Crippen LogP contribution is -2.15. The third kappa shape index (κ3) is 1.56. The molecule has 3 nitrogen and oxygen atoms in total. The number of ketones is 1. The fourth-order valence-electron chi connectivity index (χ4n) is 0.908. The average molecular weight is 205 g/mol. The van der Waals surface area contributed by atoms with Gasteiger partial charge in [0.25, 0.3) is 0 Å². The Hall–Kier alpha value is -1.56. The number of carbonyl (C=O) groups excluding carboxylic acids is 1. The maximum Gasteiger partial charge on any atom is 0.204 e. The predicted octanol–water partition coefficient (Wildman–Crippen LogP) is 0.951. The molecule has 1 rings (SSSR count). The molecule has 76 valence electrons. The van der Waals surface area contributed by atoms with Gasteiger partial charge in [0.2, 0.25) is 5.82 Å². The van der Waals surface area contributed by atoms with Gasteiger partial charge in [0.1, 0.15) is 0 Å². The van der Waals surface area contributed by atoms with Crippen molar-refractivity contribution in [2.45, 2.75) is 0 Å². The van der Waals surface area contributed by atoms with Crippen molar-refractivity contribution < 1.29 is 23.1 Å². The number of carbonyl (C=O) groups is 1. The number of phenolic OH excluding ortho intramolecular Hbond substituents is 1. The van der Waals surface area contributed by atoms with Crippen molar-refractivity contribution in [2.24, 2.45) is 5.73 Å². The third-order valence-corrected chi connectivity index (χ3v) is 1.62. The molecule has 0 bridgehead atoms. The van der Waals surface area contributed by atoms with E-state index in [2.05, 4.69) is 0 Å². The van der Waals surface area contributed by atoms with Gasteiger partial charge < -0.3 is 10.8 Å². The monoisotopic (exact) mass is 205 g/mol. The summed E-state index contributed by atoms with van der Waals surface area (Å²) in [5.41, 5.74) is 4.25. The summed E-state index contributed by atoms with van der Waals surface area (Å²) in [6, 6.07) is 0.406. The molecule has 0 aliphatic heterocycles. The number of benzene rings is 1. The van der Waals surface area contributed by atoms with Crippen LogP contribution in [0.3, 0.4) is 0 Å². The van der Waals surface area contributed by atoms with E-state index in [9.17, 15) is 18.0 Å². The van der Waals surface area contributed by atoms with Gasteiger partial charge in [-0.25, -0.2) is 8.78 Å². The number of hydrogen-bond acceptors (Lipinski definition) is 3. The second-order valence-electron chi connectivity index (χ2n) is 2.51. The number of Topliss-reactive ketones (excluding diaryl/α,β-unsaturated/α-hetero) is 1. The SMILES string of the molecule is NCC(=O)c1cc(F)c(F)c(F)c1O. The van der Waals surface area contributed by atoms with E-state index in [1.807, 2.05) is 0 Å². The topological polar surface area (TPSA) is 63.3 Å². The predicted molar refractivity (Wildman–Crippen MR) is 41.4 cm³/mol. The fourth-order valence-corrected chi connectivity index (χ4v) is 0.908. The molecule has 1 aromatic carbocycles. The number of nitrogens with two attached hydrogens (primary N) is 1. The van der Waals surface area contributed by atoms with Gasteiger partial charge in [0.15, 0.2) is 23.2 Å². The summed E-state index contributed by atoms with van der Waals surface area (Å²) < 4.78 is 37.8. The van der Waals surface area contributed by atoms with Crippen LogP contribution in [0.25, 0.3) is 0 Å². The molecule has 1 aromatic rings. The van der Waals surface area contributed by atoms with Crippen LogP contribution < -0.4 is 5.73 Å². The van der Waals surface area contributed by atoms with E-state index in [4.69, 9.17) is 10.8 Å². The zero-order chi connectivity index (χ0) is 10.9. The van der Waals surface area contributed by atoms with Gasteiger partial charge in [-0.3, -0.25) is 4.79 Å². The molecule has 0 atom stereocenters. The Kier molecular flexibility index (Phi) is 2.76. The van der Waals surface area contributed by atoms with E-state index >= 15 is 0 Å². The number of rotatable bonds is 2. The van der Waals surface area contributed by atoms with Crippen molar-refractivity contribution in [3.63, 3.8) is 0 Å². The Bertz CT molecular complexity index is 393. The van der Waals surface area contributed by atoms with Gasteiger partial charge in [0.05, 0.1) is 12.1 Å². The molecule has 0 aliphatic carbocycles. The first-order chi connectivity index (χ1) is 6.49. The zero-order valence-corrected chi connectivity index (χ0v) is 6.85. The van der Waals surface area contributed by atoms with Crippen LogP contribution in [0.2, 0.25) is 0 Å². The highest BCUT2D eigenvalue weighted by Gasteiger charge is 2.21. The molecule has 0 amide bonds. The van der Waals surface area contributed by atoms with E-state index in [0.717, 1.165) is 0 Å². The molecule has 0 aromatic heterocycles. The van der Waals surface area contributed by atoms with Crippen LogP contribution >= 0.6 is 0 Å². The van der Waals surface area contributed by atoms with Gasteiger partial charge in [-0.15, -0.1) is 0 Å². The molecular formula is C8H6F3NO2. The lowest BCUT2D eigenvalue weighted by atomic mass is 10.1. The molecule has 0 unspecified atom stereocenters. The Morgan fingerprint density at radius 3 is 2.43 bits per heavy atom. The largest absolute Gasteiger partial charge is 0.504 e. The Labute approximate surface area is 77.0 Å². The number of halogens is 3. The highest BCUT2D eigenvalue weighted by atomic mass is 19.2. The normalized spacial score (nSPS) is 10.3. The van der Waals surface area contributed by atoms with Gasteiger partial charge in [-0.1, -0.05) is 0 Å². The first kappa shape index (κ1) is 10.5. The van der Waals surface area contributed by atoms with E-state index < -0.39 is 41.1 Å². The van der Waals surface area contributed by atoms with Crippen LogP contribution in [0.15, 0.2) is 6.07 Å². The maximum absolute atomic E-state index is 12.7. The van der Waals surface area contributed by atoms with Crippen molar-refractivity contribution in [1.82, 2.24) is 0 Å². The molecule has 0 heterocycles. The van der Waals surface area contributed by atoms with Crippen molar-refractivity contribution in [2.75, 3.05) is 6.54 Å². The Balaban J connectivity index is 3.40. The maximum atomic E-state index is 12.7. The smallest absolute Gasteiger partial charge is 0.204 e. The number of phenols is 1. The molecule has 0 fully saturated rings. The van der Waals surface area contributed by atoms with Crippen LogP contribution in [0.1, 0.15) is 10.4 Å². The zero-order valence-electron chi connectivity index (χ0n) is 6.85. The first-order valence-electron chi connectivity index (χ1n) is 3.58. The van der Waals surface area contributed by atoms with E-state index in [0.29, 0.717) is 6.07 Å². The molecule has 0 saturated heterocycles. The summed E-state index contributed by atoms with van der Waals surface area (Å²) in [5.74, 6) is -7.25. The minimum atomic E-state index is -1.82. The summed E-state index contributed by atoms with van der Waals surface area (Å²) in [4.78, 5) is 10.9. The fraction of sp³-hybridized carbons (Fsp3) is 0.125. The highest BCUT2D eigenvalue weighted by molar-refractivity contribution is 5.99. The molecule has 0 saturated carbocycles. The summed E-state index contributed by atoms with van der Waals surface area (Å²) in [6.45, 7) is -0.530. The van der Waals surface area contributed by atoms with Crippen molar-refractivity contribution in [3.8, 4) is 5.75 Å². The van der Waals surface area contributed by atoms with Crippen LogP contribution in [0, 0.1) is 17.5 Å². The van der Waals surface area contributed by atoms with Crippen molar-refractivity contribution in [1.29, 1.82) is 0 Å². The van der Waals surface area contributed by atoms with Gasteiger partial charge >= 0.3 is 0 Å². The van der Waals surface area contributed by atoms with E-state index in [1.54, 1.807) is 0 Å². The molecule has 14 heavy (non-hydrogen) atoms. The highest BCUT2D eigenvalue weighted by Crippen LogP contribution is 2.25. The van der Waals surface area contributed by atoms with Gasteiger partial charge in [-0.05, 0) is 6.07 Å². The number of hydrogen-bond donors (Lipinski definition) is 2. The first-order valence-corrected chi connectivity index (χ1v) is 3.58. The summed E-state index contributed by atoms with van der Waals surface area (Å²) >= 11 is 0.